The standard InChI is InChI=1S/C34H34N2O3S/c1-3-38-33(37)34(40-2,21-23-10-5-4-6-11-23)29-14-9-13-27-28-20-26(18-19-31(28)36-32(27)29)39-22-25-17-16-24-12-7-8-15-30(24)35-25/h4-8,10-12,15-20,29,36H,3,9,13-14,21-22H2,1-2H3. The number of fused-ring (bicyclic) bond motifs is 4. The normalized spacial score (nSPS) is 16.4. The molecule has 0 aliphatic heterocycles. The summed E-state index contributed by atoms with van der Waals surface area (Å²) in [7, 11) is 0. The number of carbonyl (C=O) groups excluding carboxylic acids is 1. The van der Waals surface area contributed by atoms with Gasteiger partial charge < -0.3 is 14.5 Å². The highest BCUT2D eigenvalue weighted by atomic mass is 32.2. The Labute approximate surface area is 239 Å². The first-order chi connectivity index (χ1) is 19.6. The van der Waals surface area contributed by atoms with Crippen LogP contribution in [0, 0.1) is 0 Å². The average Bonchev–Trinajstić information content (AvgIpc) is 3.37. The quantitative estimate of drug-likeness (QED) is 0.191. The van der Waals surface area contributed by atoms with Crippen molar-refractivity contribution in [3.8, 4) is 5.75 Å². The second kappa shape index (κ2) is 11.4. The Morgan fingerprint density at radius 1 is 1.05 bits per heavy atom. The number of nitrogens with one attached hydrogen (secondary N) is 1. The first-order valence-corrected chi connectivity index (χ1v) is 15.2. The van der Waals surface area contributed by atoms with Gasteiger partial charge in [0.15, 0.2) is 0 Å². The molecule has 0 amide bonds. The molecule has 0 bridgehead atoms. The van der Waals surface area contributed by atoms with E-state index in [0.717, 1.165) is 58.4 Å². The minimum absolute atomic E-state index is 0.0177. The van der Waals surface area contributed by atoms with E-state index in [0.29, 0.717) is 19.6 Å². The fourth-order valence-corrected chi connectivity index (χ4v) is 7.19. The van der Waals surface area contributed by atoms with Gasteiger partial charge in [0.1, 0.15) is 17.1 Å². The number of H-pyrrole nitrogens is 1. The molecule has 40 heavy (non-hydrogen) atoms. The summed E-state index contributed by atoms with van der Waals surface area (Å²) in [6.07, 6.45) is 5.60. The van der Waals surface area contributed by atoms with Crippen molar-refractivity contribution in [1.29, 1.82) is 0 Å². The molecule has 0 radical (unpaired) electrons. The van der Waals surface area contributed by atoms with Crippen molar-refractivity contribution in [3.05, 3.63) is 107 Å². The zero-order valence-corrected chi connectivity index (χ0v) is 23.8. The molecule has 0 spiro atoms. The van der Waals surface area contributed by atoms with Gasteiger partial charge in [0, 0.05) is 27.9 Å². The van der Waals surface area contributed by atoms with Crippen LogP contribution >= 0.6 is 11.8 Å². The largest absolute Gasteiger partial charge is 0.487 e. The predicted octanol–water partition coefficient (Wildman–Crippen LogP) is 7.62. The molecule has 6 heteroatoms. The van der Waals surface area contributed by atoms with Crippen LogP contribution in [0.2, 0.25) is 0 Å². The van der Waals surface area contributed by atoms with Gasteiger partial charge in [0.2, 0.25) is 0 Å². The number of aromatic nitrogens is 2. The van der Waals surface area contributed by atoms with Gasteiger partial charge in [-0.1, -0.05) is 54.6 Å². The number of nitrogens with zero attached hydrogens (tertiary/aromatic N) is 1. The van der Waals surface area contributed by atoms with E-state index in [1.807, 2.05) is 61.7 Å². The van der Waals surface area contributed by atoms with E-state index in [1.165, 1.54) is 10.9 Å². The number of pyridine rings is 1. The molecule has 0 saturated heterocycles. The van der Waals surface area contributed by atoms with Gasteiger partial charge in [-0.15, -0.1) is 11.8 Å². The van der Waals surface area contributed by atoms with Crippen molar-refractivity contribution in [1.82, 2.24) is 9.97 Å². The van der Waals surface area contributed by atoms with Gasteiger partial charge in [0.05, 0.1) is 17.8 Å². The second-order valence-corrected chi connectivity index (χ2v) is 11.6. The highest BCUT2D eigenvalue weighted by Gasteiger charge is 2.49. The maximum atomic E-state index is 13.7. The van der Waals surface area contributed by atoms with Crippen molar-refractivity contribution in [2.45, 2.75) is 49.9 Å². The van der Waals surface area contributed by atoms with Crippen molar-refractivity contribution in [2.24, 2.45) is 0 Å². The van der Waals surface area contributed by atoms with E-state index in [2.05, 4.69) is 41.4 Å². The third-order valence-corrected chi connectivity index (χ3v) is 9.40. The highest BCUT2D eigenvalue weighted by Crippen LogP contribution is 2.49. The lowest BCUT2D eigenvalue weighted by molar-refractivity contribution is -0.147. The molecule has 1 aliphatic carbocycles. The number of thioether (sulfide) groups is 1. The summed E-state index contributed by atoms with van der Waals surface area (Å²) in [6.45, 7) is 2.66. The van der Waals surface area contributed by atoms with E-state index in [9.17, 15) is 4.79 Å². The number of esters is 1. The number of carbonyl (C=O) groups is 1. The molecule has 6 rings (SSSR count). The summed E-state index contributed by atoms with van der Waals surface area (Å²) in [5.41, 5.74) is 6.54. The molecule has 1 N–H and O–H groups in total. The summed E-state index contributed by atoms with van der Waals surface area (Å²) < 4.78 is 11.2. The van der Waals surface area contributed by atoms with Gasteiger partial charge in [-0.05, 0) is 80.3 Å². The zero-order valence-electron chi connectivity index (χ0n) is 23.0. The number of ether oxygens (including phenoxy) is 2. The van der Waals surface area contributed by atoms with Crippen LogP contribution in [-0.2, 0) is 29.0 Å². The Bertz CT molecular complexity index is 1650. The zero-order chi connectivity index (χ0) is 27.5. The van der Waals surface area contributed by atoms with Gasteiger partial charge in [-0.2, -0.15) is 0 Å². The number of para-hydroxylation sites is 1. The molecular weight excluding hydrogens is 516 g/mol. The number of rotatable bonds is 9. The van der Waals surface area contributed by atoms with Gasteiger partial charge in [0.25, 0.3) is 0 Å². The molecule has 5 nitrogen and oxygen atoms in total. The maximum Gasteiger partial charge on any atom is 0.323 e. The van der Waals surface area contributed by atoms with Gasteiger partial charge in [-0.25, -0.2) is 4.98 Å². The molecule has 1 aliphatic rings. The molecule has 204 valence electrons. The summed E-state index contributed by atoms with van der Waals surface area (Å²) in [5, 5.41) is 2.29. The number of aromatic amines is 1. The fourth-order valence-electron chi connectivity index (χ4n) is 6.13. The number of hydrogen-bond acceptors (Lipinski definition) is 5. The van der Waals surface area contributed by atoms with Crippen LogP contribution in [0.1, 0.15) is 48.2 Å². The molecule has 0 saturated carbocycles. The second-order valence-electron chi connectivity index (χ2n) is 10.4. The van der Waals surface area contributed by atoms with Crippen LogP contribution in [0.25, 0.3) is 21.8 Å². The first kappa shape index (κ1) is 26.5. The molecule has 3 aromatic carbocycles. The summed E-state index contributed by atoms with van der Waals surface area (Å²) >= 11 is 1.62. The third-order valence-electron chi connectivity index (χ3n) is 8.08. The predicted molar refractivity (Wildman–Crippen MR) is 163 cm³/mol. The van der Waals surface area contributed by atoms with Gasteiger partial charge >= 0.3 is 5.97 Å². The number of hydrogen-bond donors (Lipinski definition) is 1. The summed E-state index contributed by atoms with van der Waals surface area (Å²) in [4.78, 5) is 22.2. The molecule has 5 aromatic rings. The Morgan fingerprint density at radius 2 is 1.88 bits per heavy atom. The fraction of sp³-hybridized carbons (Fsp3) is 0.294. The number of benzene rings is 3. The molecule has 0 fully saturated rings. The number of aryl methyl sites for hydroxylation is 1. The Hall–Kier alpha value is -3.77. The topological polar surface area (TPSA) is 64.2 Å². The summed E-state index contributed by atoms with van der Waals surface area (Å²) in [6, 6.07) is 28.8. The van der Waals surface area contributed by atoms with Crippen molar-refractivity contribution in [3.63, 3.8) is 0 Å². The molecule has 2 aromatic heterocycles. The Balaban J connectivity index is 1.32. The molecule has 2 unspecified atom stereocenters. The maximum absolute atomic E-state index is 13.7. The van der Waals surface area contributed by atoms with Crippen LogP contribution < -0.4 is 4.74 Å². The van der Waals surface area contributed by atoms with E-state index < -0.39 is 4.75 Å². The minimum atomic E-state index is -0.714. The van der Waals surface area contributed by atoms with Crippen LogP contribution in [0.3, 0.4) is 0 Å². The first-order valence-electron chi connectivity index (χ1n) is 14.0. The smallest absolute Gasteiger partial charge is 0.323 e. The lowest BCUT2D eigenvalue weighted by Gasteiger charge is -2.39. The van der Waals surface area contributed by atoms with E-state index >= 15 is 0 Å². The Morgan fingerprint density at radius 3 is 2.70 bits per heavy atom. The lowest BCUT2D eigenvalue weighted by atomic mass is 9.75. The highest BCUT2D eigenvalue weighted by molar-refractivity contribution is 8.00. The van der Waals surface area contributed by atoms with Crippen LogP contribution in [0.4, 0.5) is 0 Å². The van der Waals surface area contributed by atoms with Crippen molar-refractivity contribution < 1.29 is 14.3 Å². The SMILES string of the molecule is CCOC(=O)C(Cc1ccccc1)(SC)C1CCCc2c1[nH]c1ccc(OCc3ccc4ccccc4n3)cc21. The molecule has 2 heterocycles. The van der Waals surface area contributed by atoms with E-state index in [1.54, 1.807) is 11.8 Å². The Kier molecular flexibility index (Phi) is 7.53. The van der Waals surface area contributed by atoms with Crippen LogP contribution in [0.15, 0.2) is 84.9 Å². The molecule has 2 atom stereocenters. The van der Waals surface area contributed by atoms with Gasteiger partial charge in [-0.3, -0.25) is 4.79 Å². The van der Waals surface area contributed by atoms with Crippen LogP contribution in [-0.4, -0.2) is 33.5 Å². The lowest BCUT2D eigenvalue weighted by Crippen LogP contribution is -2.46. The molecular formula is C34H34N2O3S. The van der Waals surface area contributed by atoms with E-state index in [4.69, 9.17) is 14.5 Å². The minimum Gasteiger partial charge on any atom is -0.487 e. The van der Waals surface area contributed by atoms with E-state index in [-0.39, 0.29) is 11.9 Å². The monoisotopic (exact) mass is 550 g/mol. The third kappa shape index (κ3) is 4.97. The average molecular weight is 551 g/mol. The van der Waals surface area contributed by atoms with Crippen molar-refractivity contribution in [2.75, 3.05) is 12.9 Å². The van der Waals surface area contributed by atoms with Crippen LogP contribution in [0.5, 0.6) is 5.75 Å². The summed E-state index contributed by atoms with van der Waals surface area (Å²) in [5.74, 6) is 0.705. The van der Waals surface area contributed by atoms with Crippen molar-refractivity contribution >= 4 is 39.5 Å².